The zero-order valence-corrected chi connectivity index (χ0v) is 23.2. The zero-order chi connectivity index (χ0) is 26.7. The zero-order valence-electron chi connectivity index (χ0n) is 23.2. The van der Waals surface area contributed by atoms with Crippen LogP contribution in [0.3, 0.4) is 0 Å². The number of benzene rings is 4. The Kier molecular flexibility index (Phi) is 10.0. The second-order valence-electron chi connectivity index (χ2n) is 11.4. The number of rotatable bonds is 6. The van der Waals surface area contributed by atoms with Crippen LogP contribution in [0.25, 0.3) is 0 Å². The van der Waals surface area contributed by atoms with E-state index >= 15 is 0 Å². The number of hydrogen-bond acceptors (Lipinski definition) is 2. The largest absolute Gasteiger partial charge is 0.328 e. The van der Waals surface area contributed by atoms with Gasteiger partial charge in [-0.25, -0.2) is 0 Å². The molecule has 0 unspecified atom stereocenters. The average Bonchev–Trinajstić information content (AvgIpc) is 3.03. The van der Waals surface area contributed by atoms with Crippen LogP contribution in [-0.2, 0) is 0 Å². The first-order chi connectivity index (χ1) is 19.3. The normalized spacial score (nSPS) is 23.0. The first-order valence-electron chi connectivity index (χ1n) is 15.0. The molecule has 2 fully saturated rings. The van der Waals surface area contributed by atoms with E-state index < -0.39 is 0 Å². The summed E-state index contributed by atoms with van der Waals surface area (Å²) in [6.45, 7) is 0. The van der Waals surface area contributed by atoms with Gasteiger partial charge in [-0.2, -0.15) is 0 Å². The third-order valence-electron chi connectivity index (χ3n) is 8.71. The highest BCUT2D eigenvalue weighted by Gasteiger charge is 2.25. The maximum atomic E-state index is 5.88. The van der Waals surface area contributed by atoms with Gasteiger partial charge in [-0.05, 0) is 85.5 Å². The van der Waals surface area contributed by atoms with Gasteiger partial charge >= 0.3 is 0 Å². The summed E-state index contributed by atoms with van der Waals surface area (Å²) in [7, 11) is 0. The van der Waals surface area contributed by atoms with Crippen molar-refractivity contribution in [3.63, 3.8) is 0 Å². The molecule has 0 radical (unpaired) electrons. The fourth-order valence-electron chi connectivity index (χ4n) is 6.41. The number of hydrogen-bond donors (Lipinski definition) is 2. The van der Waals surface area contributed by atoms with Crippen molar-refractivity contribution < 1.29 is 0 Å². The molecular weight excluding hydrogens is 472 g/mol. The van der Waals surface area contributed by atoms with Crippen LogP contribution >= 0.6 is 0 Å². The maximum absolute atomic E-state index is 5.88. The highest BCUT2D eigenvalue weighted by molar-refractivity contribution is 5.32. The number of nitrogens with two attached hydrogens (primary N) is 1. The van der Waals surface area contributed by atoms with Gasteiger partial charge in [0.05, 0.1) is 6.04 Å². The molecular formula is C37H44N2. The van der Waals surface area contributed by atoms with Gasteiger partial charge in [0.15, 0.2) is 0 Å². The second-order valence-corrected chi connectivity index (χ2v) is 11.4. The van der Waals surface area contributed by atoms with Crippen molar-refractivity contribution in [2.75, 3.05) is 0 Å². The van der Waals surface area contributed by atoms with Gasteiger partial charge in [0.25, 0.3) is 0 Å². The number of nitrogens with one attached hydrogen (secondary N) is 1. The monoisotopic (exact) mass is 516 g/mol. The van der Waals surface area contributed by atoms with E-state index in [1.165, 1.54) is 73.6 Å². The smallest absolute Gasteiger partial charge is 0.0578 e. The summed E-state index contributed by atoms with van der Waals surface area (Å²) in [5.74, 6) is 1.49. The molecule has 4 aromatic rings. The van der Waals surface area contributed by atoms with E-state index in [9.17, 15) is 0 Å². The van der Waals surface area contributed by atoms with E-state index in [0.29, 0.717) is 12.1 Å². The summed E-state index contributed by atoms with van der Waals surface area (Å²) < 4.78 is 0. The van der Waals surface area contributed by atoms with Crippen molar-refractivity contribution in [1.82, 2.24) is 5.32 Å². The van der Waals surface area contributed by atoms with Gasteiger partial charge in [0.2, 0.25) is 0 Å². The minimum Gasteiger partial charge on any atom is -0.328 e. The summed E-state index contributed by atoms with van der Waals surface area (Å²) >= 11 is 0. The Bertz CT molecular complexity index is 1150. The predicted molar refractivity (Wildman–Crippen MR) is 165 cm³/mol. The molecule has 0 atom stereocenters. The van der Waals surface area contributed by atoms with Crippen molar-refractivity contribution in [3.05, 3.63) is 144 Å². The SMILES string of the molecule is NC1CCC(c2ccccc2)CC1.c1ccc(C2CCC(NC(c3ccccc3)c3ccccc3)CC2)cc1. The van der Waals surface area contributed by atoms with Gasteiger partial charge in [0, 0.05) is 12.1 Å². The van der Waals surface area contributed by atoms with Crippen molar-refractivity contribution >= 4 is 0 Å². The van der Waals surface area contributed by atoms with Crippen molar-refractivity contribution in [3.8, 4) is 0 Å². The topological polar surface area (TPSA) is 38.0 Å². The fourth-order valence-corrected chi connectivity index (χ4v) is 6.41. The Morgan fingerprint density at radius 3 is 1.23 bits per heavy atom. The van der Waals surface area contributed by atoms with E-state index in [1.54, 1.807) is 0 Å². The average molecular weight is 517 g/mol. The van der Waals surface area contributed by atoms with Crippen molar-refractivity contribution in [2.45, 2.75) is 81.3 Å². The molecule has 6 rings (SSSR count). The molecule has 2 aliphatic rings. The van der Waals surface area contributed by atoms with E-state index in [0.717, 1.165) is 11.8 Å². The van der Waals surface area contributed by atoms with Crippen LogP contribution in [0.5, 0.6) is 0 Å². The lowest BCUT2D eigenvalue weighted by molar-refractivity contribution is 0.328. The first kappa shape index (κ1) is 27.4. The molecule has 0 saturated heterocycles. The van der Waals surface area contributed by atoms with E-state index in [1.807, 2.05) is 0 Å². The van der Waals surface area contributed by atoms with Gasteiger partial charge in [-0.15, -0.1) is 0 Å². The lowest BCUT2D eigenvalue weighted by atomic mass is 9.81. The third kappa shape index (κ3) is 7.91. The lowest BCUT2D eigenvalue weighted by Crippen LogP contribution is -2.36. The summed E-state index contributed by atoms with van der Waals surface area (Å²) in [5, 5.41) is 3.96. The van der Waals surface area contributed by atoms with Gasteiger partial charge in [-0.1, -0.05) is 121 Å². The quantitative estimate of drug-likeness (QED) is 0.269. The molecule has 4 aromatic carbocycles. The van der Waals surface area contributed by atoms with Crippen LogP contribution < -0.4 is 11.1 Å². The molecule has 0 bridgehead atoms. The minimum atomic E-state index is 0.274. The van der Waals surface area contributed by atoms with Gasteiger partial charge in [0.1, 0.15) is 0 Å². The molecule has 0 amide bonds. The Hall–Kier alpha value is -3.20. The van der Waals surface area contributed by atoms with Crippen LogP contribution in [-0.4, -0.2) is 12.1 Å². The molecule has 2 aliphatic carbocycles. The van der Waals surface area contributed by atoms with Crippen LogP contribution in [0.2, 0.25) is 0 Å². The van der Waals surface area contributed by atoms with E-state index in [4.69, 9.17) is 5.73 Å². The molecule has 39 heavy (non-hydrogen) atoms. The first-order valence-corrected chi connectivity index (χ1v) is 15.0. The molecule has 2 heteroatoms. The van der Waals surface area contributed by atoms with Crippen LogP contribution in [0.1, 0.15) is 91.5 Å². The summed E-state index contributed by atoms with van der Waals surface area (Å²) in [5.41, 5.74) is 11.6. The van der Waals surface area contributed by atoms with E-state index in [2.05, 4.69) is 127 Å². The Morgan fingerprint density at radius 2 is 0.821 bits per heavy atom. The molecule has 3 N–H and O–H groups in total. The van der Waals surface area contributed by atoms with Gasteiger partial charge in [-0.3, -0.25) is 0 Å². The van der Waals surface area contributed by atoms with Crippen LogP contribution in [0.15, 0.2) is 121 Å². The predicted octanol–water partition coefficient (Wildman–Crippen LogP) is 8.76. The molecule has 202 valence electrons. The Balaban J connectivity index is 0.000000198. The lowest BCUT2D eigenvalue weighted by Gasteiger charge is -2.33. The third-order valence-corrected chi connectivity index (χ3v) is 8.71. The fraction of sp³-hybridized carbons (Fsp3) is 0.351. The van der Waals surface area contributed by atoms with Crippen LogP contribution in [0.4, 0.5) is 0 Å². The molecule has 0 heterocycles. The Labute approximate surface area is 235 Å². The van der Waals surface area contributed by atoms with Crippen LogP contribution in [0, 0.1) is 0 Å². The standard InChI is InChI=1S/C25H27N.C12H17N/c1-4-10-20(11-5-1)21-16-18-24(19-17-21)26-25(22-12-6-2-7-13-22)23-14-8-3-9-15-23;13-12-8-6-11(7-9-12)10-4-2-1-3-5-10/h1-15,21,24-26H,16-19H2;1-5,11-12H,6-9,13H2. The van der Waals surface area contributed by atoms with E-state index in [-0.39, 0.29) is 6.04 Å². The molecule has 2 saturated carbocycles. The van der Waals surface area contributed by atoms with Crippen molar-refractivity contribution in [2.24, 2.45) is 5.73 Å². The van der Waals surface area contributed by atoms with Gasteiger partial charge < -0.3 is 11.1 Å². The van der Waals surface area contributed by atoms with Crippen molar-refractivity contribution in [1.29, 1.82) is 0 Å². The summed E-state index contributed by atoms with van der Waals surface area (Å²) in [6.07, 6.45) is 9.97. The minimum absolute atomic E-state index is 0.274. The highest BCUT2D eigenvalue weighted by atomic mass is 15.0. The summed E-state index contributed by atoms with van der Waals surface area (Å²) in [4.78, 5) is 0. The summed E-state index contributed by atoms with van der Waals surface area (Å²) in [6, 6.07) is 44.8. The highest BCUT2D eigenvalue weighted by Crippen LogP contribution is 2.35. The Morgan fingerprint density at radius 1 is 0.462 bits per heavy atom. The molecule has 0 aromatic heterocycles. The molecule has 2 nitrogen and oxygen atoms in total. The molecule has 0 aliphatic heterocycles. The maximum Gasteiger partial charge on any atom is 0.0578 e. The molecule has 0 spiro atoms. The second kappa shape index (κ2) is 14.3.